The van der Waals surface area contributed by atoms with Gasteiger partial charge in [-0.1, -0.05) is 36.4 Å². The number of furan rings is 1. The molecular formula is C26H27NO6. The topological polar surface area (TPSA) is 89.2 Å². The second-order valence-electron chi connectivity index (χ2n) is 8.26. The van der Waals surface area contributed by atoms with E-state index in [2.05, 4.69) is 0 Å². The molecule has 172 valence electrons. The molecule has 1 aromatic heterocycles. The Hall–Kier alpha value is -3.58. The second kappa shape index (κ2) is 9.11. The molecule has 2 heterocycles. The number of ketones is 1. The molecule has 2 aromatic carbocycles. The smallest absolute Gasteiger partial charge is 0.290 e. The quantitative estimate of drug-likeness (QED) is 0.499. The highest BCUT2D eigenvalue weighted by Crippen LogP contribution is 2.41. The number of para-hydroxylation sites is 1. The molecule has 7 nitrogen and oxygen atoms in total. The number of aliphatic hydroxyl groups excluding tert-OH is 1. The third-order valence-electron chi connectivity index (χ3n) is 5.77. The van der Waals surface area contributed by atoms with Crippen molar-refractivity contribution >= 4 is 22.7 Å². The molecule has 0 spiro atoms. The number of rotatable bonds is 8. The largest absolute Gasteiger partial charge is 0.503 e. The maximum absolute atomic E-state index is 13.6. The number of nitrogens with zero attached hydrogens (tertiary/aromatic N) is 1. The van der Waals surface area contributed by atoms with E-state index in [0.29, 0.717) is 16.7 Å². The lowest BCUT2D eigenvalue weighted by Gasteiger charge is -2.28. The van der Waals surface area contributed by atoms with Crippen LogP contribution < -0.4 is 4.74 Å². The number of methoxy groups -OCH3 is 1. The standard InChI is InChI=1S/C26H27NO6/c1-15(2)32-13-12-27-22(18-10-6-5-8-16(18)3)21(24(29)26(27)30)23(28)20-14-17-9-7-11-19(31-4)25(17)33-20/h5-11,14-15,22,29H,12-13H2,1-4H3. The molecule has 0 fully saturated rings. The number of Topliss-reactive ketones (excluding diaryl/α,β-unsaturated/α-hetero) is 1. The molecule has 1 unspecified atom stereocenters. The first-order valence-corrected chi connectivity index (χ1v) is 10.9. The molecule has 1 N–H and O–H groups in total. The van der Waals surface area contributed by atoms with Crippen LogP contribution in [0.5, 0.6) is 5.75 Å². The van der Waals surface area contributed by atoms with Gasteiger partial charge in [-0.25, -0.2) is 0 Å². The van der Waals surface area contributed by atoms with Gasteiger partial charge in [-0.15, -0.1) is 0 Å². The average molecular weight is 450 g/mol. The highest BCUT2D eigenvalue weighted by atomic mass is 16.5. The third-order valence-corrected chi connectivity index (χ3v) is 5.77. The van der Waals surface area contributed by atoms with E-state index in [4.69, 9.17) is 13.9 Å². The van der Waals surface area contributed by atoms with Crippen molar-refractivity contribution in [3.05, 3.63) is 76.8 Å². The van der Waals surface area contributed by atoms with Gasteiger partial charge in [0.2, 0.25) is 5.78 Å². The van der Waals surface area contributed by atoms with Gasteiger partial charge in [-0.05, 0) is 44.0 Å². The zero-order chi connectivity index (χ0) is 23.7. The summed E-state index contributed by atoms with van der Waals surface area (Å²) in [5.41, 5.74) is 2.09. The van der Waals surface area contributed by atoms with Crippen LogP contribution in [-0.2, 0) is 9.53 Å². The number of carbonyl (C=O) groups excluding carboxylic acids is 2. The fraction of sp³-hybridized carbons (Fsp3) is 0.308. The van der Waals surface area contributed by atoms with Crippen LogP contribution >= 0.6 is 0 Å². The minimum absolute atomic E-state index is 0.00290. The van der Waals surface area contributed by atoms with E-state index in [1.54, 1.807) is 24.3 Å². The molecule has 1 aliphatic heterocycles. The molecule has 1 atom stereocenters. The summed E-state index contributed by atoms with van der Waals surface area (Å²) in [5, 5.41) is 11.5. The molecule has 0 saturated heterocycles. The van der Waals surface area contributed by atoms with Crippen molar-refractivity contribution in [1.29, 1.82) is 0 Å². The summed E-state index contributed by atoms with van der Waals surface area (Å²) in [4.78, 5) is 28.2. The molecule has 0 bridgehead atoms. The fourth-order valence-corrected chi connectivity index (χ4v) is 4.16. The van der Waals surface area contributed by atoms with Crippen molar-refractivity contribution in [1.82, 2.24) is 4.90 Å². The normalized spacial score (nSPS) is 16.3. The number of aryl methyl sites for hydroxylation is 1. The van der Waals surface area contributed by atoms with E-state index in [-0.39, 0.29) is 30.6 Å². The predicted octanol–water partition coefficient (Wildman–Crippen LogP) is 4.75. The summed E-state index contributed by atoms with van der Waals surface area (Å²) in [7, 11) is 1.52. The Labute approximate surface area is 192 Å². The first-order valence-electron chi connectivity index (χ1n) is 10.9. The first kappa shape index (κ1) is 22.6. The summed E-state index contributed by atoms with van der Waals surface area (Å²) in [5.74, 6) is -1.18. The van der Waals surface area contributed by atoms with Gasteiger partial charge in [0, 0.05) is 11.9 Å². The lowest BCUT2D eigenvalue weighted by atomic mass is 9.92. The van der Waals surface area contributed by atoms with Gasteiger partial charge in [-0.2, -0.15) is 0 Å². The van der Waals surface area contributed by atoms with Crippen molar-refractivity contribution in [2.24, 2.45) is 0 Å². The molecule has 3 aromatic rings. The van der Waals surface area contributed by atoms with Crippen LogP contribution in [0.3, 0.4) is 0 Å². The summed E-state index contributed by atoms with van der Waals surface area (Å²) in [6.45, 7) is 6.23. The monoisotopic (exact) mass is 449 g/mol. The predicted molar refractivity (Wildman–Crippen MR) is 123 cm³/mol. The average Bonchev–Trinajstić information content (AvgIpc) is 3.34. The van der Waals surface area contributed by atoms with Gasteiger partial charge in [-0.3, -0.25) is 9.59 Å². The number of ether oxygens (including phenoxy) is 2. The van der Waals surface area contributed by atoms with Crippen molar-refractivity contribution in [2.75, 3.05) is 20.3 Å². The summed E-state index contributed by atoms with van der Waals surface area (Å²) in [6, 6.07) is 13.7. The van der Waals surface area contributed by atoms with Gasteiger partial charge < -0.3 is 23.9 Å². The minimum Gasteiger partial charge on any atom is -0.503 e. The van der Waals surface area contributed by atoms with Crippen molar-refractivity contribution in [2.45, 2.75) is 32.9 Å². The molecule has 7 heteroatoms. The van der Waals surface area contributed by atoms with E-state index in [1.807, 2.05) is 45.0 Å². The van der Waals surface area contributed by atoms with E-state index in [9.17, 15) is 14.7 Å². The minimum atomic E-state index is -0.753. The van der Waals surface area contributed by atoms with Crippen LogP contribution in [0, 0.1) is 6.92 Å². The molecule has 0 saturated carbocycles. The van der Waals surface area contributed by atoms with Gasteiger partial charge in [0.05, 0.1) is 31.4 Å². The molecule has 33 heavy (non-hydrogen) atoms. The Morgan fingerprint density at radius 3 is 2.64 bits per heavy atom. The summed E-state index contributed by atoms with van der Waals surface area (Å²) >= 11 is 0. The number of hydrogen-bond donors (Lipinski definition) is 1. The highest BCUT2D eigenvalue weighted by molar-refractivity contribution is 6.16. The zero-order valence-electron chi connectivity index (χ0n) is 19.1. The number of amides is 1. The van der Waals surface area contributed by atoms with Crippen LogP contribution in [-0.4, -0.2) is 48.1 Å². The van der Waals surface area contributed by atoms with Crippen LogP contribution in [0.1, 0.15) is 41.6 Å². The number of hydrogen-bond acceptors (Lipinski definition) is 6. The molecule has 0 aliphatic carbocycles. The number of benzene rings is 2. The van der Waals surface area contributed by atoms with Crippen molar-refractivity contribution < 1.29 is 28.6 Å². The molecular weight excluding hydrogens is 422 g/mol. The first-order chi connectivity index (χ1) is 15.8. The fourth-order valence-electron chi connectivity index (χ4n) is 4.16. The maximum Gasteiger partial charge on any atom is 0.290 e. The van der Waals surface area contributed by atoms with Crippen LogP contribution in [0.25, 0.3) is 11.0 Å². The second-order valence-corrected chi connectivity index (χ2v) is 8.26. The van der Waals surface area contributed by atoms with E-state index in [0.717, 1.165) is 11.1 Å². The molecule has 0 radical (unpaired) electrons. The van der Waals surface area contributed by atoms with Gasteiger partial charge in [0.15, 0.2) is 22.9 Å². The Kier molecular flexibility index (Phi) is 6.24. The van der Waals surface area contributed by atoms with E-state index in [1.165, 1.54) is 12.0 Å². The van der Waals surface area contributed by atoms with Crippen LogP contribution in [0.4, 0.5) is 0 Å². The van der Waals surface area contributed by atoms with Crippen LogP contribution in [0.15, 0.2) is 64.3 Å². The summed E-state index contributed by atoms with van der Waals surface area (Å²) < 4.78 is 16.8. The van der Waals surface area contributed by atoms with Gasteiger partial charge in [0.1, 0.15) is 0 Å². The third kappa shape index (κ3) is 4.12. The Balaban J connectivity index is 1.78. The maximum atomic E-state index is 13.6. The SMILES string of the molecule is COc1cccc2cc(C(=O)C3=C(O)C(=O)N(CCOC(C)C)C3c3ccccc3C)oc12. The number of aliphatic hydroxyl groups is 1. The van der Waals surface area contributed by atoms with Gasteiger partial charge >= 0.3 is 0 Å². The lowest BCUT2D eigenvalue weighted by Crippen LogP contribution is -2.34. The Morgan fingerprint density at radius 1 is 1.18 bits per heavy atom. The zero-order valence-corrected chi connectivity index (χ0v) is 19.1. The number of fused-ring (bicyclic) bond motifs is 1. The van der Waals surface area contributed by atoms with Gasteiger partial charge in [0.25, 0.3) is 5.91 Å². The van der Waals surface area contributed by atoms with E-state index < -0.39 is 23.5 Å². The van der Waals surface area contributed by atoms with Crippen molar-refractivity contribution in [3.8, 4) is 5.75 Å². The number of carbonyl (C=O) groups is 2. The van der Waals surface area contributed by atoms with Crippen LogP contribution in [0.2, 0.25) is 0 Å². The summed E-state index contributed by atoms with van der Waals surface area (Å²) in [6.07, 6.45) is -0.00666. The van der Waals surface area contributed by atoms with E-state index >= 15 is 0 Å². The lowest BCUT2D eigenvalue weighted by molar-refractivity contribution is -0.130. The Bertz CT molecular complexity index is 1240. The molecule has 4 rings (SSSR count). The molecule has 1 amide bonds. The highest BCUT2D eigenvalue weighted by Gasteiger charge is 2.44. The molecule has 1 aliphatic rings. The Morgan fingerprint density at radius 2 is 1.94 bits per heavy atom. The van der Waals surface area contributed by atoms with Crippen molar-refractivity contribution in [3.63, 3.8) is 0 Å².